The maximum absolute atomic E-state index is 13.9. The number of pyridine rings is 1. The topological polar surface area (TPSA) is 119 Å². The van der Waals surface area contributed by atoms with Crippen LogP contribution in [0.5, 0.6) is 0 Å². The Kier molecular flexibility index (Phi) is 5.91. The molecule has 1 aliphatic rings. The first-order valence-electron chi connectivity index (χ1n) is 10.5. The molecule has 5 rings (SSSR count). The lowest BCUT2D eigenvalue weighted by Gasteiger charge is -2.13. The molecule has 176 valence electrons. The molecular weight excluding hydrogens is 475 g/mol. The Morgan fingerprint density at radius 2 is 2.06 bits per heavy atom. The highest BCUT2D eigenvalue weighted by Gasteiger charge is 2.35. The van der Waals surface area contributed by atoms with Gasteiger partial charge in [0.25, 0.3) is 22.8 Å². The van der Waals surface area contributed by atoms with Gasteiger partial charge in [-0.05, 0) is 49.0 Å². The molecule has 3 amide bonds. The number of amides is 3. The molecule has 0 aliphatic carbocycles. The summed E-state index contributed by atoms with van der Waals surface area (Å²) < 4.78 is 24.5. The van der Waals surface area contributed by atoms with Crippen LogP contribution >= 0.6 is 11.8 Å². The first-order chi connectivity index (χ1) is 16.9. The third kappa shape index (κ3) is 4.33. The van der Waals surface area contributed by atoms with Gasteiger partial charge < -0.3 is 14.3 Å². The smallest absolute Gasteiger partial charge is 0.293 e. The number of halogens is 1. The van der Waals surface area contributed by atoms with Crippen molar-refractivity contribution in [1.29, 1.82) is 0 Å². The number of furan rings is 1. The second-order valence-electron chi connectivity index (χ2n) is 7.59. The second kappa shape index (κ2) is 9.18. The molecule has 9 nitrogen and oxygen atoms in total. The van der Waals surface area contributed by atoms with Crippen molar-refractivity contribution in [2.45, 2.75) is 6.92 Å². The minimum atomic E-state index is -0.543. The number of hydrogen-bond acceptors (Lipinski definition) is 8. The Morgan fingerprint density at radius 1 is 1.23 bits per heavy atom. The van der Waals surface area contributed by atoms with Crippen molar-refractivity contribution >= 4 is 46.0 Å². The lowest BCUT2D eigenvalue weighted by molar-refractivity contribution is -0.122. The lowest BCUT2D eigenvalue weighted by Crippen LogP contribution is -2.37. The Labute approximate surface area is 202 Å². The molecule has 0 spiro atoms. The number of fused-ring (bicyclic) bond motifs is 1. The molecule has 11 heteroatoms. The van der Waals surface area contributed by atoms with Crippen LogP contribution in [0.25, 0.3) is 28.6 Å². The number of thioether (sulfide) groups is 1. The molecule has 35 heavy (non-hydrogen) atoms. The van der Waals surface area contributed by atoms with E-state index in [9.17, 15) is 18.8 Å². The predicted molar refractivity (Wildman–Crippen MR) is 126 cm³/mol. The molecule has 4 aromatic rings. The fourth-order valence-electron chi connectivity index (χ4n) is 3.63. The van der Waals surface area contributed by atoms with E-state index in [0.717, 1.165) is 16.7 Å². The monoisotopic (exact) mass is 492 g/mol. The van der Waals surface area contributed by atoms with Crippen LogP contribution in [0.2, 0.25) is 0 Å². The number of benzene rings is 1. The fraction of sp³-hybridized carbons (Fsp3) is 0.125. The molecule has 1 aliphatic heterocycles. The normalized spacial score (nSPS) is 14.9. The first kappa shape index (κ1) is 22.5. The standard InChI is InChI=1S/C24H17FN4O5S/c1-13-20-15(12-17(18-7-4-10-33-18)27-22(20)34-28-13)21(30)26-8-9-29-23(31)19(35-24(29)32)11-14-5-2-3-6-16(14)25/h2-7,10-12H,8-9H2,1H3,(H,26,30)/b19-11-. The van der Waals surface area contributed by atoms with Crippen molar-refractivity contribution in [2.75, 3.05) is 13.1 Å². The molecule has 0 saturated carbocycles. The summed E-state index contributed by atoms with van der Waals surface area (Å²) in [5.74, 6) is -1.04. The Hall–Kier alpha value is -4.25. The van der Waals surface area contributed by atoms with Crippen LogP contribution < -0.4 is 5.32 Å². The summed E-state index contributed by atoms with van der Waals surface area (Å²) in [5.41, 5.74) is 1.56. The minimum Gasteiger partial charge on any atom is -0.463 e. The summed E-state index contributed by atoms with van der Waals surface area (Å²) in [7, 11) is 0. The molecule has 1 N–H and O–H groups in total. The number of imide groups is 1. The van der Waals surface area contributed by atoms with Crippen molar-refractivity contribution in [2.24, 2.45) is 0 Å². The van der Waals surface area contributed by atoms with Crippen LogP contribution in [0.4, 0.5) is 9.18 Å². The molecule has 0 radical (unpaired) electrons. The number of carbonyl (C=O) groups excluding carboxylic acids is 3. The number of aromatic nitrogens is 2. The van der Waals surface area contributed by atoms with Gasteiger partial charge in [-0.25, -0.2) is 9.37 Å². The van der Waals surface area contributed by atoms with Gasteiger partial charge in [-0.3, -0.25) is 19.3 Å². The molecule has 1 fully saturated rings. The summed E-state index contributed by atoms with van der Waals surface area (Å²) >= 11 is 0.726. The van der Waals surface area contributed by atoms with E-state index in [4.69, 9.17) is 8.94 Å². The molecule has 0 bridgehead atoms. The average molecular weight is 492 g/mol. The Bertz CT molecular complexity index is 1500. The maximum Gasteiger partial charge on any atom is 0.293 e. The number of carbonyl (C=O) groups is 3. The quantitative estimate of drug-likeness (QED) is 0.394. The van der Waals surface area contributed by atoms with Gasteiger partial charge >= 0.3 is 0 Å². The number of hydrogen-bond donors (Lipinski definition) is 1. The molecule has 4 heterocycles. The van der Waals surface area contributed by atoms with Gasteiger partial charge in [0, 0.05) is 18.7 Å². The van der Waals surface area contributed by atoms with Gasteiger partial charge in [0.15, 0.2) is 5.76 Å². The maximum atomic E-state index is 13.9. The van der Waals surface area contributed by atoms with Gasteiger partial charge in [0.1, 0.15) is 11.5 Å². The van der Waals surface area contributed by atoms with Gasteiger partial charge in [-0.2, -0.15) is 0 Å². The van der Waals surface area contributed by atoms with Crippen LogP contribution in [-0.4, -0.2) is 45.2 Å². The molecule has 0 unspecified atom stereocenters. The van der Waals surface area contributed by atoms with E-state index in [1.165, 1.54) is 30.5 Å². The largest absolute Gasteiger partial charge is 0.463 e. The molecule has 1 saturated heterocycles. The summed E-state index contributed by atoms with van der Waals surface area (Å²) in [6.07, 6.45) is 2.83. The van der Waals surface area contributed by atoms with E-state index < -0.39 is 22.9 Å². The number of nitrogens with zero attached hydrogens (tertiary/aromatic N) is 3. The highest BCUT2D eigenvalue weighted by molar-refractivity contribution is 8.18. The van der Waals surface area contributed by atoms with E-state index in [1.54, 1.807) is 31.2 Å². The van der Waals surface area contributed by atoms with E-state index in [2.05, 4.69) is 15.5 Å². The SMILES string of the molecule is Cc1noc2nc(-c3ccco3)cc(C(=O)NCCN3C(=O)S/C(=C\c4ccccc4F)C3=O)c12. The van der Waals surface area contributed by atoms with Gasteiger partial charge in [-0.15, -0.1) is 0 Å². The average Bonchev–Trinajstić information content (AvgIpc) is 3.57. The van der Waals surface area contributed by atoms with Crippen LogP contribution in [0.3, 0.4) is 0 Å². The minimum absolute atomic E-state index is 0.00802. The van der Waals surface area contributed by atoms with Crippen molar-refractivity contribution in [3.63, 3.8) is 0 Å². The predicted octanol–water partition coefficient (Wildman–Crippen LogP) is 4.40. The third-order valence-corrected chi connectivity index (χ3v) is 6.23. The summed E-state index contributed by atoms with van der Waals surface area (Å²) in [5, 5.41) is 6.58. The van der Waals surface area contributed by atoms with E-state index in [0.29, 0.717) is 22.5 Å². The van der Waals surface area contributed by atoms with E-state index in [-0.39, 0.29) is 34.8 Å². The molecular formula is C24H17FN4O5S. The van der Waals surface area contributed by atoms with Gasteiger partial charge in [-0.1, -0.05) is 23.4 Å². The van der Waals surface area contributed by atoms with E-state index in [1.807, 2.05) is 0 Å². The molecule has 0 atom stereocenters. The van der Waals surface area contributed by atoms with Crippen LogP contribution in [0, 0.1) is 12.7 Å². The summed E-state index contributed by atoms with van der Waals surface area (Å²) in [6.45, 7) is 1.65. The summed E-state index contributed by atoms with van der Waals surface area (Å²) in [6, 6.07) is 10.9. The zero-order chi connectivity index (χ0) is 24.5. The van der Waals surface area contributed by atoms with Gasteiger partial charge in [0.2, 0.25) is 0 Å². The van der Waals surface area contributed by atoms with Crippen LogP contribution in [0.1, 0.15) is 21.6 Å². The number of nitrogens with one attached hydrogen (secondary N) is 1. The highest BCUT2D eigenvalue weighted by atomic mass is 32.2. The highest BCUT2D eigenvalue weighted by Crippen LogP contribution is 2.32. The van der Waals surface area contributed by atoms with Crippen LogP contribution in [0.15, 0.2) is 62.6 Å². The van der Waals surface area contributed by atoms with E-state index >= 15 is 0 Å². The zero-order valence-electron chi connectivity index (χ0n) is 18.3. The lowest BCUT2D eigenvalue weighted by atomic mass is 10.1. The zero-order valence-corrected chi connectivity index (χ0v) is 19.1. The van der Waals surface area contributed by atoms with Crippen molar-refractivity contribution in [3.8, 4) is 11.5 Å². The van der Waals surface area contributed by atoms with Gasteiger partial charge in [0.05, 0.1) is 27.8 Å². The Morgan fingerprint density at radius 3 is 2.83 bits per heavy atom. The molecule has 1 aromatic carbocycles. The van der Waals surface area contributed by atoms with Crippen LogP contribution in [-0.2, 0) is 4.79 Å². The number of rotatable bonds is 6. The van der Waals surface area contributed by atoms with Crippen molar-refractivity contribution in [1.82, 2.24) is 20.4 Å². The Balaban J connectivity index is 1.31. The van der Waals surface area contributed by atoms with Crippen molar-refractivity contribution in [3.05, 3.63) is 76.3 Å². The summed E-state index contributed by atoms with van der Waals surface area (Å²) in [4.78, 5) is 43.5. The number of aryl methyl sites for hydroxylation is 1. The fourth-order valence-corrected chi connectivity index (χ4v) is 4.48. The molecule has 3 aromatic heterocycles. The third-order valence-electron chi connectivity index (χ3n) is 5.32. The first-order valence-corrected chi connectivity index (χ1v) is 11.3. The van der Waals surface area contributed by atoms with Crippen molar-refractivity contribution < 1.29 is 27.7 Å². The second-order valence-corrected chi connectivity index (χ2v) is 8.58.